The zero-order valence-corrected chi connectivity index (χ0v) is 12.5. The van der Waals surface area contributed by atoms with Gasteiger partial charge in [-0.3, -0.25) is 4.79 Å². The Bertz CT molecular complexity index is 811. The summed E-state index contributed by atoms with van der Waals surface area (Å²) in [6.07, 6.45) is 0.357. The maximum atomic E-state index is 11.2. The van der Waals surface area contributed by atoms with Crippen molar-refractivity contribution in [3.63, 3.8) is 0 Å². The number of oxazole rings is 1. The number of methoxy groups -OCH3 is 1. The van der Waals surface area contributed by atoms with Crippen LogP contribution < -0.4 is 4.74 Å². The quantitative estimate of drug-likeness (QED) is 0.681. The van der Waals surface area contributed by atoms with E-state index in [2.05, 4.69) is 9.72 Å². The van der Waals surface area contributed by atoms with Crippen molar-refractivity contribution >= 4 is 28.7 Å². The number of hydrogen-bond donors (Lipinski definition) is 0. The Hall–Kier alpha value is -2.53. The van der Waals surface area contributed by atoms with Gasteiger partial charge in [-0.15, -0.1) is 0 Å². The third-order valence-electron chi connectivity index (χ3n) is 3.04. The lowest BCUT2D eigenvalue weighted by Gasteiger charge is -2.02. The third kappa shape index (κ3) is 3.20. The Balaban J connectivity index is 1.75. The standard InChI is InChI=1S/C16H12ClNO4/c1-20-15(19)8-10-2-5-12(6-3-10)21-16-18-13-7-4-11(17)9-14(13)22-16/h2-7,9H,8H2,1H3. The second kappa shape index (κ2) is 6.07. The molecule has 1 heterocycles. The van der Waals surface area contributed by atoms with Gasteiger partial charge < -0.3 is 13.9 Å². The average molecular weight is 318 g/mol. The second-order valence-electron chi connectivity index (χ2n) is 4.59. The summed E-state index contributed by atoms with van der Waals surface area (Å²) in [7, 11) is 1.36. The van der Waals surface area contributed by atoms with E-state index in [1.165, 1.54) is 7.11 Å². The van der Waals surface area contributed by atoms with Gasteiger partial charge >= 0.3 is 12.0 Å². The van der Waals surface area contributed by atoms with Gasteiger partial charge in [0.15, 0.2) is 5.58 Å². The first-order valence-electron chi connectivity index (χ1n) is 6.54. The van der Waals surface area contributed by atoms with Crippen molar-refractivity contribution in [2.45, 2.75) is 6.42 Å². The summed E-state index contributed by atoms with van der Waals surface area (Å²) in [5.41, 5.74) is 2.06. The molecule has 6 heteroatoms. The highest BCUT2D eigenvalue weighted by Crippen LogP contribution is 2.27. The molecule has 2 aromatic carbocycles. The molecule has 0 aliphatic carbocycles. The van der Waals surface area contributed by atoms with Crippen LogP contribution in [-0.4, -0.2) is 18.1 Å². The summed E-state index contributed by atoms with van der Waals surface area (Å²) < 4.78 is 15.6. The molecule has 22 heavy (non-hydrogen) atoms. The third-order valence-corrected chi connectivity index (χ3v) is 3.27. The van der Waals surface area contributed by atoms with Crippen molar-refractivity contribution < 1.29 is 18.7 Å². The smallest absolute Gasteiger partial charge is 0.400 e. The molecule has 0 aliphatic heterocycles. The molecular formula is C16H12ClNO4. The van der Waals surface area contributed by atoms with E-state index < -0.39 is 0 Å². The van der Waals surface area contributed by atoms with Gasteiger partial charge in [0.05, 0.1) is 13.5 Å². The summed E-state index contributed by atoms with van der Waals surface area (Å²) in [6.45, 7) is 0. The van der Waals surface area contributed by atoms with E-state index >= 15 is 0 Å². The van der Waals surface area contributed by atoms with E-state index in [4.69, 9.17) is 20.8 Å². The van der Waals surface area contributed by atoms with E-state index in [9.17, 15) is 4.79 Å². The fraction of sp³-hybridized carbons (Fsp3) is 0.125. The van der Waals surface area contributed by atoms with E-state index in [0.29, 0.717) is 21.9 Å². The Labute approximate surface area is 131 Å². The Kier molecular flexibility index (Phi) is 3.98. The summed E-state index contributed by atoms with van der Waals surface area (Å²) >= 11 is 5.89. The van der Waals surface area contributed by atoms with Crippen molar-refractivity contribution in [1.29, 1.82) is 0 Å². The van der Waals surface area contributed by atoms with Gasteiger partial charge in [0.1, 0.15) is 11.3 Å². The molecule has 0 saturated heterocycles. The van der Waals surface area contributed by atoms with Crippen LogP contribution in [-0.2, 0) is 16.0 Å². The van der Waals surface area contributed by atoms with Gasteiger partial charge in [0, 0.05) is 11.1 Å². The number of carbonyl (C=O) groups is 1. The molecule has 3 aromatic rings. The maximum Gasteiger partial charge on any atom is 0.400 e. The van der Waals surface area contributed by atoms with Crippen LogP contribution in [0, 0.1) is 0 Å². The van der Waals surface area contributed by atoms with Gasteiger partial charge in [-0.05, 0) is 29.8 Å². The van der Waals surface area contributed by atoms with Crippen LogP contribution in [0.5, 0.6) is 11.8 Å². The average Bonchev–Trinajstić information content (AvgIpc) is 2.90. The zero-order chi connectivity index (χ0) is 15.5. The van der Waals surface area contributed by atoms with Gasteiger partial charge in [0.2, 0.25) is 0 Å². The first kappa shape index (κ1) is 14.4. The molecule has 0 saturated carbocycles. The number of fused-ring (bicyclic) bond motifs is 1. The monoisotopic (exact) mass is 317 g/mol. The largest absolute Gasteiger partial charge is 0.469 e. The first-order chi connectivity index (χ1) is 10.6. The molecule has 0 fully saturated rings. The maximum absolute atomic E-state index is 11.2. The number of ether oxygens (including phenoxy) is 2. The summed E-state index contributed by atoms with van der Waals surface area (Å²) in [5, 5.41) is 0.572. The SMILES string of the molecule is COC(=O)Cc1ccc(Oc2nc3ccc(Cl)cc3o2)cc1. The molecule has 5 nitrogen and oxygen atoms in total. The summed E-state index contributed by atoms with van der Waals surface area (Å²) in [4.78, 5) is 15.4. The fourth-order valence-corrected chi connectivity index (χ4v) is 2.10. The van der Waals surface area contributed by atoms with E-state index in [-0.39, 0.29) is 18.5 Å². The number of rotatable bonds is 4. The number of esters is 1. The van der Waals surface area contributed by atoms with E-state index in [1.807, 2.05) is 0 Å². The van der Waals surface area contributed by atoms with E-state index in [1.54, 1.807) is 42.5 Å². The lowest BCUT2D eigenvalue weighted by molar-refractivity contribution is -0.139. The molecule has 0 amide bonds. The molecule has 0 aliphatic rings. The van der Waals surface area contributed by atoms with Crippen LogP contribution >= 0.6 is 11.6 Å². The van der Waals surface area contributed by atoms with Gasteiger partial charge in [-0.2, -0.15) is 4.98 Å². The second-order valence-corrected chi connectivity index (χ2v) is 5.03. The molecule has 0 spiro atoms. The van der Waals surface area contributed by atoms with Gasteiger partial charge in [0.25, 0.3) is 0 Å². The van der Waals surface area contributed by atoms with Gasteiger partial charge in [-0.25, -0.2) is 0 Å². The van der Waals surface area contributed by atoms with Crippen LogP contribution in [0.25, 0.3) is 11.1 Å². The minimum absolute atomic E-state index is 0.137. The van der Waals surface area contributed by atoms with Crippen molar-refractivity contribution in [2.75, 3.05) is 7.11 Å². The fourth-order valence-electron chi connectivity index (χ4n) is 1.94. The van der Waals surface area contributed by atoms with Crippen LogP contribution in [0.1, 0.15) is 5.56 Å². The van der Waals surface area contributed by atoms with Crippen molar-refractivity contribution in [3.8, 4) is 11.8 Å². The highest BCUT2D eigenvalue weighted by molar-refractivity contribution is 6.31. The number of nitrogens with zero attached hydrogens (tertiary/aromatic N) is 1. The molecule has 0 radical (unpaired) electrons. The van der Waals surface area contributed by atoms with Crippen LogP contribution in [0.2, 0.25) is 5.02 Å². The Morgan fingerprint density at radius 2 is 2.00 bits per heavy atom. The predicted octanol–water partition coefficient (Wildman–Crippen LogP) is 3.99. The van der Waals surface area contributed by atoms with Crippen LogP contribution in [0.4, 0.5) is 0 Å². The minimum Gasteiger partial charge on any atom is -0.469 e. The van der Waals surface area contributed by atoms with Crippen molar-refractivity contribution in [2.24, 2.45) is 0 Å². The topological polar surface area (TPSA) is 61.6 Å². The predicted molar refractivity (Wildman–Crippen MR) is 81.3 cm³/mol. The van der Waals surface area contributed by atoms with Crippen LogP contribution in [0.3, 0.4) is 0 Å². The molecule has 0 atom stereocenters. The van der Waals surface area contributed by atoms with Crippen molar-refractivity contribution in [1.82, 2.24) is 4.98 Å². The van der Waals surface area contributed by atoms with Crippen LogP contribution in [0.15, 0.2) is 46.9 Å². The zero-order valence-electron chi connectivity index (χ0n) is 11.7. The normalized spacial score (nSPS) is 10.6. The number of hydrogen-bond acceptors (Lipinski definition) is 5. The van der Waals surface area contributed by atoms with Crippen molar-refractivity contribution in [3.05, 3.63) is 53.1 Å². The molecule has 0 N–H and O–H groups in total. The first-order valence-corrected chi connectivity index (χ1v) is 6.91. The molecule has 0 unspecified atom stereocenters. The Morgan fingerprint density at radius 1 is 1.23 bits per heavy atom. The van der Waals surface area contributed by atoms with Gasteiger partial charge in [-0.1, -0.05) is 23.7 Å². The number of benzene rings is 2. The number of halogens is 1. The molecule has 3 rings (SSSR count). The number of carbonyl (C=O) groups excluding carboxylic acids is 1. The van der Waals surface area contributed by atoms with E-state index in [0.717, 1.165) is 5.56 Å². The minimum atomic E-state index is -0.288. The summed E-state index contributed by atoms with van der Waals surface area (Å²) in [5.74, 6) is 0.274. The highest BCUT2D eigenvalue weighted by Gasteiger charge is 2.09. The lowest BCUT2D eigenvalue weighted by Crippen LogP contribution is -2.04. The highest BCUT2D eigenvalue weighted by atomic mass is 35.5. The molecule has 0 bridgehead atoms. The lowest BCUT2D eigenvalue weighted by atomic mass is 10.1. The molecular weight excluding hydrogens is 306 g/mol. The Morgan fingerprint density at radius 3 is 2.73 bits per heavy atom. The summed E-state index contributed by atoms with van der Waals surface area (Å²) in [6, 6.07) is 12.2. The molecule has 1 aromatic heterocycles. The number of aromatic nitrogens is 1. The molecule has 112 valence electrons.